The third kappa shape index (κ3) is 4.18. The van der Waals surface area contributed by atoms with Crippen LogP contribution in [0.1, 0.15) is 19.8 Å². The van der Waals surface area contributed by atoms with Crippen molar-refractivity contribution >= 4 is 30.7 Å². The predicted octanol–water partition coefficient (Wildman–Crippen LogP) is 0.723. The van der Waals surface area contributed by atoms with E-state index in [2.05, 4.69) is 10.4 Å². The van der Waals surface area contributed by atoms with Crippen LogP contribution >= 0.6 is 24.8 Å². The molecule has 1 saturated carbocycles. The summed E-state index contributed by atoms with van der Waals surface area (Å²) in [5.74, 6) is -0.0397. The number of carbonyl (C=O) groups is 1. The zero-order valence-electron chi connectivity index (χ0n) is 9.63. The van der Waals surface area contributed by atoms with Gasteiger partial charge in [0.25, 0.3) is 0 Å². The highest BCUT2D eigenvalue weighted by Gasteiger charge is 2.46. The zero-order chi connectivity index (χ0) is 10.9. The van der Waals surface area contributed by atoms with Crippen LogP contribution in [-0.2, 0) is 11.3 Å². The number of rotatable bonds is 4. The molecule has 1 heterocycles. The Hall–Kier alpha value is -0.780. The summed E-state index contributed by atoms with van der Waals surface area (Å²) in [7, 11) is 0. The normalized spacial score (nSPS) is 17.3. The molecule has 0 aromatic carbocycles. The molecular formula is C10H18Cl2N4O. The first kappa shape index (κ1) is 16.2. The van der Waals surface area contributed by atoms with Gasteiger partial charge in [-0.15, -0.1) is 24.8 Å². The highest BCUT2D eigenvalue weighted by atomic mass is 35.5. The molecule has 2 rings (SSSR count). The van der Waals surface area contributed by atoms with Crippen molar-refractivity contribution in [2.45, 2.75) is 37.9 Å². The van der Waals surface area contributed by atoms with Crippen LogP contribution in [0.25, 0.3) is 0 Å². The van der Waals surface area contributed by atoms with E-state index in [4.69, 9.17) is 5.73 Å². The second-order valence-electron chi connectivity index (χ2n) is 4.26. The Kier molecular flexibility index (Phi) is 5.95. The Balaban J connectivity index is 0.00000128. The molecule has 17 heavy (non-hydrogen) atoms. The van der Waals surface area contributed by atoms with Crippen LogP contribution < -0.4 is 11.1 Å². The molecule has 98 valence electrons. The third-order valence-electron chi connectivity index (χ3n) is 2.64. The summed E-state index contributed by atoms with van der Waals surface area (Å²) in [6, 6.07) is 1.92. The number of nitrogens with one attached hydrogen (secondary N) is 1. The van der Waals surface area contributed by atoms with Gasteiger partial charge in [0.1, 0.15) is 0 Å². The lowest BCUT2D eigenvalue weighted by Crippen LogP contribution is -2.47. The van der Waals surface area contributed by atoms with Crippen LogP contribution in [0.5, 0.6) is 0 Å². The molecule has 1 aliphatic rings. The van der Waals surface area contributed by atoms with E-state index >= 15 is 0 Å². The monoisotopic (exact) mass is 280 g/mol. The summed E-state index contributed by atoms with van der Waals surface area (Å²) in [6.45, 7) is 2.63. The van der Waals surface area contributed by atoms with Crippen molar-refractivity contribution in [3.05, 3.63) is 18.5 Å². The maximum Gasteiger partial charge on any atom is 0.240 e. The third-order valence-corrected chi connectivity index (χ3v) is 2.64. The smallest absolute Gasteiger partial charge is 0.240 e. The minimum Gasteiger partial charge on any atom is -0.350 e. The first-order valence-corrected chi connectivity index (χ1v) is 5.17. The first-order valence-electron chi connectivity index (χ1n) is 5.17. The van der Waals surface area contributed by atoms with Crippen molar-refractivity contribution in [3.8, 4) is 0 Å². The second kappa shape index (κ2) is 6.23. The summed E-state index contributed by atoms with van der Waals surface area (Å²) in [6.07, 6.45) is 5.19. The number of hydrogen-bond donors (Lipinski definition) is 2. The van der Waals surface area contributed by atoms with Crippen LogP contribution in [0, 0.1) is 0 Å². The van der Waals surface area contributed by atoms with Gasteiger partial charge in [-0.3, -0.25) is 9.48 Å². The zero-order valence-corrected chi connectivity index (χ0v) is 11.3. The fraction of sp³-hybridized carbons (Fsp3) is 0.600. The van der Waals surface area contributed by atoms with Gasteiger partial charge in [0.2, 0.25) is 5.91 Å². The van der Waals surface area contributed by atoms with E-state index in [1.54, 1.807) is 10.9 Å². The highest BCUT2D eigenvalue weighted by molar-refractivity contribution is 5.89. The number of aromatic nitrogens is 2. The molecule has 0 radical (unpaired) electrons. The number of amides is 1. The average Bonchev–Trinajstić information content (AvgIpc) is 2.74. The topological polar surface area (TPSA) is 72.9 Å². The number of carbonyl (C=O) groups excluding carboxylic acids is 1. The van der Waals surface area contributed by atoms with Gasteiger partial charge >= 0.3 is 0 Å². The van der Waals surface area contributed by atoms with Crippen LogP contribution in [0.3, 0.4) is 0 Å². The van der Waals surface area contributed by atoms with Crippen molar-refractivity contribution in [3.63, 3.8) is 0 Å². The Bertz CT molecular complexity index is 351. The number of nitrogens with two attached hydrogens (primary N) is 1. The Morgan fingerprint density at radius 2 is 2.24 bits per heavy atom. The van der Waals surface area contributed by atoms with E-state index in [1.807, 2.05) is 19.2 Å². The lowest BCUT2D eigenvalue weighted by Gasteiger charge is -2.16. The van der Waals surface area contributed by atoms with E-state index < -0.39 is 5.54 Å². The molecule has 0 aliphatic heterocycles. The van der Waals surface area contributed by atoms with Gasteiger partial charge in [0.15, 0.2) is 0 Å². The van der Waals surface area contributed by atoms with Crippen LogP contribution in [0.2, 0.25) is 0 Å². The Labute approximate surface area is 113 Å². The van der Waals surface area contributed by atoms with Gasteiger partial charge in [0, 0.05) is 18.4 Å². The molecule has 1 amide bonds. The van der Waals surface area contributed by atoms with E-state index in [0.29, 0.717) is 6.54 Å². The average molecular weight is 281 g/mol. The fourth-order valence-electron chi connectivity index (χ4n) is 1.46. The molecule has 3 N–H and O–H groups in total. The van der Waals surface area contributed by atoms with Gasteiger partial charge in [-0.1, -0.05) is 0 Å². The van der Waals surface area contributed by atoms with Gasteiger partial charge < -0.3 is 11.1 Å². The SMILES string of the molecule is CC(Cn1cccn1)NC(=O)C1(N)CC1.Cl.Cl. The Morgan fingerprint density at radius 1 is 1.59 bits per heavy atom. The van der Waals surface area contributed by atoms with Crippen molar-refractivity contribution < 1.29 is 4.79 Å². The van der Waals surface area contributed by atoms with Crippen LogP contribution in [0.4, 0.5) is 0 Å². The molecule has 1 aromatic heterocycles. The second-order valence-corrected chi connectivity index (χ2v) is 4.26. The van der Waals surface area contributed by atoms with Gasteiger partial charge in [-0.25, -0.2) is 0 Å². The molecule has 1 atom stereocenters. The van der Waals surface area contributed by atoms with Gasteiger partial charge in [0.05, 0.1) is 12.1 Å². The molecule has 1 aromatic rings. The lowest BCUT2D eigenvalue weighted by atomic mass is 10.2. The molecule has 1 fully saturated rings. The van der Waals surface area contributed by atoms with E-state index in [0.717, 1.165) is 12.8 Å². The summed E-state index contributed by atoms with van der Waals surface area (Å²) in [5.41, 5.74) is 5.19. The van der Waals surface area contributed by atoms with Crippen molar-refractivity contribution in [1.82, 2.24) is 15.1 Å². The molecule has 1 unspecified atom stereocenters. The number of halogens is 2. The van der Waals surface area contributed by atoms with E-state index in [1.165, 1.54) is 0 Å². The van der Waals surface area contributed by atoms with E-state index in [9.17, 15) is 4.79 Å². The number of hydrogen-bond acceptors (Lipinski definition) is 3. The summed E-state index contributed by atoms with van der Waals surface area (Å²) in [4.78, 5) is 11.6. The van der Waals surface area contributed by atoms with Crippen molar-refractivity contribution in [1.29, 1.82) is 0 Å². The summed E-state index contributed by atoms with van der Waals surface area (Å²) >= 11 is 0. The van der Waals surface area contributed by atoms with Crippen molar-refractivity contribution in [2.75, 3.05) is 0 Å². The number of nitrogens with zero attached hydrogens (tertiary/aromatic N) is 2. The fourth-order valence-corrected chi connectivity index (χ4v) is 1.46. The van der Waals surface area contributed by atoms with Crippen molar-refractivity contribution in [2.24, 2.45) is 5.73 Å². The molecule has 1 aliphatic carbocycles. The minimum absolute atomic E-state index is 0. The lowest BCUT2D eigenvalue weighted by molar-refractivity contribution is -0.123. The van der Waals surface area contributed by atoms with Crippen LogP contribution in [-0.4, -0.2) is 27.3 Å². The maximum absolute atomic E-state index is 11.6. The van der Waals surface area contributed by atoms with Gasteiger partial charge in [-0.05, 0) is 25.8 Å². The van der Waals surface area contributed by atoms with E-state index in [-0.39, 0.29) is 36.8 Å². The summed E-state index contributed by atoms with van der Waals surface area (Å²) in [5, 5.41) is 6.97. The summed E-state index contributed by atoms with van der Waals surface area (Å²) < 4.78 is 1.79. The highest BCUT2D eigenvalue weighted by Crippen LogP contribution is 2.32. The van der Waals surface area contributed by atoms with Gasteiger partial charge in [-0.2, -0.15) is 5.10 Å². The standard InChI is InChI=1S/C10H16N4O.2ClH/c1-8(7-14-6-2-5-12-14)13-9(15)10(11)3-4-10;;/h2,5-6,8H,3-4,7,11H2,1H3,(H,13,15);2*1H. The molecule has 0 spiro atoms. The molecule has 0 saturated heterocycles. The largest absolute Gasteiger partial charge is 0.350 e. The van der Waals surface area contributed by atoms with Crippen LogP contribution in [0.15, 0.2) is 18.5 Å². The minimum atomic E-state index is -0.585. The molecule has 7 heteroatoms. The quantitative estimate of drug-likeness (QED) is 0.854. The molecule has 0 bridgehead atoms. The predicted molar refractivity (Wildman–Crippen MR) is 70.5 cm³/mol. The molecular weight excluding hydrogens is 263 g/mol. The molecule has 5 nitrogen and oxygen atoms in total. The maximum atomic E-state index is 11.6. The Morgan fingerprint density at radius 3 is 2.71 bits per heavy atom. The first-order chi connectivity index (χ1) is 7.10.